The van der Waals surface area contributed by atoms with Gasteiger partial charge in [0.15, 0.2) is 29.5 Å². The van der Waals surface area contributed by atoms with Gasteiger partial charge in [-0.3, -0.25) is 19.2 Å². The number of hydrogen-bond donors (Lipinski definition) is 5. The molecule has 13 atom stereocenters. The van der Waals surface area contributed by atoms with Crippen molar-refractivity contribution >= 4 is 29.7 Å². The molecule has 5 rings (SSSR count). The van der Waals surface area contributed by atoms with Crippen molar-refractivity contribution in [3.8, 4) is 11.5 Å². The molecule has 19 heteroatoms. The fraction of sp³-hybridized carbons (Fsp3) is 0.571. The van der Waals surface area contributed by atoms with Crippen LogP contribution in [0.5, 0.6) is 11.5 Å². The van der Waals surface area contributed by atoms with Crippen molar-refractivity contribution in [1.29, 1.82) is 0 Å². The van der Waals surface area contributed by atoms with Crippen LogP contribution >= 0.6 is 0 Å². The Hall–Kier alpha value is -4.63. The highest BCUT2D eigenvalue weighted by Gasteiger charge is 2.56. The van der Waals surface area contributed by atoms with Crippen LogP contribution in [0.15, 0.2) is 42.7 Å². The van der Waals surface area contributed by atoms with Crippen LogP contribution in [0.25, 0.3) is 0 Å². The lowest BCUT2D eigenvalue weighted by molar-refractivity contribution is -0.330. The first kappa shape index (κ1) is 40.6. The van der Waals surface area contributed by atoms with E-state index in [0.717, 1.165) is 20.8 Å². The molecule has 19 nitrogen and oxygen atoms in total. The number of Topliss-reactive ketones (excluding diaryl/α,β-unsaturated/α-hetero) is 1. The minimum absolute atomic E-state index is 0.123. The molecule has 4 aliphatic heterocycles. The van der Waals surface area contributed by atoms with Crippen LogP contribution in [0, 0.1) is 17.8 Å². The van der Waals surface area contributed by atoms with E-state index in [1.165, 1.54) is 30.5 Å². The van der Waals surface area contributed by atoms with Crippen molar-refractivity contribution in [2.24, 2.45) is 17.8 Å². The van der Waals surface area contributed by atoms with Gasteiger partial charge in [0.2, 0.25) is 18.9 Å². The Bertz CT molecular complexity index is 1620. The monoisotopic (exact) mass is 766 g/mol. The van der Waals surface area contributed by atoms with E-state index in [9.17, 15) is 49.5 Å². The molecular formula is C35H42O19. The molecule has 0 bridgehead atoms. The second kappa shape index (κ2) is 17.2. The Labute approximate surface area is 307 Å². The van der Waals surface area contributed by atoms with Gasteiger partial charge in [0.05, 0.1) is 36.5 Å². The molecule has 3 fully saturated rings. The lowest BCUT2D eigenvalue weighted by Crippen LogP contribution is -2.62. The molecule has 1 aromatic rings. The van der Waals surface area contributed by atoms with Crippen LogP contribution < -0.4 is 4.74 Å². The molecular weight excluding hydrogens is 724 g/mol. The first-order valence-electron chi connectivity index (χ1n) is 16.9. The number of ether oxygens (including phenoxy) is 9. The number of cyclic esters (lactones) is 1. The highest BCUT2D eigenvalue weighted by atomic mass is 16.8. The summed E-state index contributed by atoms with van der Waals surface area (Å²) in [5.41, 5.74) is -0.221. The summed E-state index contributed by atoms with van der Waals surface area (Å²) in [6, 6.07) is 3.62. The van der Waals surface area contributed by atoms with E-state index in [2.05, 4.69) is 6.58 Å². The van der Waals surface area contributed by atoms with Crippen molar-refractivity contribution < 1.29 is 92.1 Å². The van der Waals surface area contributed by atoms with Crippen molar-refractivity contribution in [1.82, 2.24) is 0 Å². The average Bonchev–Trinajstić information content (AvgIpc) is 3.12. The van der Waals surface area contributed by atoms with Crippen LogP contribution in [-0.4, -0.2) is 137 Å². The Balaban J connectivity index is 1.51. The molecule has 0 radical (unpaired) electrons. The van der Waals surface area contributed by atoms with Gasteiger partial charge in [0.1, 0.15) is 37.1 Å². The molecule has 3 saturated heterocycles. The minimum atomic E-state index is -1.86. The SMILES string of the molecule is C=CC1C(OC2OC(COC(C)=O)C(C(=O)c3cccc(OC4OC(CO)C(O)C(O)C4O)c3O)C(OC(C)=O)C2OC(C)=O)OC=C2C(=O)OCCC21. The lowest BCUT2D eigenvalue weighted by Gasteiger charge is -2.46. The van der Waals surface area contributed by atoms with Crippen LogP contribution in [0.3, 0.4) is 0 Å². The third kappa shape index (κ3) is 8.51. The third-order valence-corrected chi connectivity index (χ3v) is 9.31. The summed E-state index contributed by atoms with van der Waals surface area (Å²) in [6.07, 6.45) is -13.2. The highest BCUT2D eigenvalue weighted by Crippen LogP contribution is 2.42. The quantitative estimate of drug-likeness (QED) is 0.0750. The van der Waals surface area contributed by atoms with Crippen LogP contribution in [0.2, 0.25) is 0 Å². The Morgan fingerprint density at radius 3 is 2.24 bits per heavy atom. The summed E-state index contributed by atoms with van der Waals surface area (Å²) in [5, 5.41) is 51.6. The number of benzene rings is 1. The Morgan fingerprint density at radius 2 is 1.59 bits per heavy atom. The predicted molar refractivity (Wildman–Crippen MR) is 174 cm³/mol. The lowest BCUT2D eigenvalue weighted by atomic mass is 9.80. The number of esters is 4. The molecule has 1 aromatic carbocycles. The zero-order chi connectivity index (χ0) is 39.4. The van der Waals surface area contributed by atoms with E-state index < -0.39 is 139 Å². The summed E-state index contributed by atoms with van der Waals surface area (Å²) < 4.78 is 50.5. The van der Waals surface area contributed by atoms with E-state index in [0.29, 0.717) is 6.42 Å². The number of phenolic OH excluding ortho intramolecular Hbond substituents is 1. The van der Waals surface area contributed by atoms with E-state index in [1.807, 2.05) is 0 Å². The zero-order valence-electron chi connectivity index (χ0n) is 29.4. The summed E-state index contributed by atoms with van der Waals surface area (Å²) in [4.78, 5) is 63.9. The zero-order valence-corrected chi connectivity index (χ0v) is 29.4. The fourth-order valence-corrected chi connectivity index (χ4v) is 6.76. The van der Waals surface area contributed by atoms with Gasteiger partial charge in [-0.05, 0) is 18.6 Å². The predicted octanol–water partition coefficient (Wildman–Crippen LogP) is -0.857. The number of aromatic hydroxyl groups is 1. The van der Waals surface area contributed by atoms with Gasteiger partial charge >= 0.3 is 23.9 Å². The van der Waals surface area contributed by atoms with Gasteiger partial charge in [-0.1, -0.05) is 12.1 Å². The molecule has 0 aromatic heterocycles. The maximum atomic E-state index is 14.5. The van der Waals surface area contributed by atoms with Crippen LogP contribution in [0.1, 0.15) is 37.6 Å². The van der Waals surface area contributed by atoms with E-state index in [4.69, 9.17) is 42.6 Å². The normalized spacial score (nSPS) is 34.8. The average molecular weight is 767 g/mol. The number of rotatable bonds is 12. The first-order chi connectivity index (χ1) is 25.7. The van der Waals surface area contributed by atoms with Crippen molar-refractivity contribution in [2.45, 2.75) is 88.8 Å². The number of fused-ring (bicyclic) bond motifs is 1. The molecule has 296 valence electrons. The summed E-state index contributed by atoms with van der Waals surface area (Å²) >= 11 is 0. The standard InChI is InChI=1S/C35H42O19/c1-5-17-18-9-10-46-32(45)20(18)12-48-33(17)54-35-31(50-16(4)39)30(49-15(3)38)24(23(53-35)13-47-14(2)37)26(41)19-7-6-8-21(25(19)40)51-34-29(44)28(43)27(42)22(11-36)52-34/h5-8,12,17-18,22-24,27-31,33-36,40,42-44H,1,9-11,13H2,2-4H3. The van der Waals surface area contributed by atoms with Crippen LogP contribution in [0.4, 0.5) is 0 Å². The van der Waals surface area contributed by atoms with Crippen LogP contribution in [-0.2, 0) is 57.1 Å². The second-order valence-electron chi connectivity index (χ2n) is 12.9. The number of carbonyl (C=O) groups is 5. The molecule has 0 aliphatic carbocycles. The fourth-order valence-electron chi connectivity index (χ4n) is 6.76. The Kier molecular flexibility index (Phi) is 12.9. The molecule has 13 unspecified atom stereocenters. The number of ketones is 1. The Morgan fingerprint density at radius 1 is 0.907 bits per heavy atom. The maximum absolute atomic E-state index is 14.5. The van der Waals surface area contributed by atoms with Crippen molar-refractivity contribution in [3.63, 3.8) is 0 Å². The second-order valence-corrected chi connectivity index (χ2v) is 12.9. The number of aliphatic hydroxyl groups excluding tert-OH is 4. The molecule has 0 spiro atoms. The highest BCUT2D eigenvalue weighted by molar-refractivity contribution is 6.02. The number of hydrogen-bond acceptors (Lipinski definition) is 19. The molecule has 54 heavy (non-hydrogen) atoms. The van der Waals surface area contributed by atoms with Gasteiger partial charge in [-0.15, -0.1) is 6.58 Å². The van der Waals surface area contributed by atoms with Gasteiger partial charge in [0.25, 0.3) is 0 Å². The maximum Gasteiger partial charge on any atom is 0.337 e. The van der Waals surface area contributed by atoms with Gasteiger partial charge in [-0.25, -0.2) is 4.79 Å². The molecule has 0 amide bonds. The van der Waals surface area contributed by atoms with E-state index in [-0.39, 0.29) is 12.2 Å². The molecule has 4 heterocycles. The topological polar surface area (TPSA) is 270 Å². The van der Waals surface area contributed by atoms with Gasteiger partial charge in [0, 0.05) is 32.6 Å². The van der Waals surface area contributed by atoms with Crippen molar-refractivity contribution in [2.75, 3.05) is 19.8 Å². The van der Waals surface area contributed by atoms with Gasteiger partial charge in [-0.2, -0.15) is 0 Å². The smallest absolute Gasteiger partial charge is 0.337 e. The minimum Gasteiger partial charge on any atom is -0.504 e. The molecule has 0 saturated carbocycles. The summed E-state index contributed by atoms with van der Waals surface area (Å²) in [6.45, 7) is 5.73. The van der Waals surface area contributed by atoms with E-state index in [1.54, 1.807) is 0 Å². The number of carbonyl (C=O) groups excluding carboxylic acids is 5. The number of para-hydroxylation sites is 1. The number of aliphatic hydroxyl groups is 4. The first-order valence-corrected chi connectivity index (χ1v) is 16.9. The number of phenols is 1. The summed E-state index contributed by atoms with van der Waals surface area (Å²) in [5.74, 6) is -8.24. The third-order valence-electron chi connectivity index (χ3n) is 9.31. The largest absolute Gasteiger partial charge is 0.504 e. The molecule has 4 aliphatic rings. The molecule has 5 N–H and O–H groups in total. The van der Waals surface area contributed by atoms with Gasteiger partial charge < -0.3 is 68.2 Å². The van der Waals surface area contributed by atoms with Crippen molar-refractivity contribution in [3.05, 3.63) is 48.3 Å². The van der Waals surface area contributed by atoms with E-state index >= 15 is 0 Å². The summed E-state index contributed by atoms with van der Waals surface area (Å²) in [7, 11) is 0.